The maximum atomic E-state index is 5.49. The number of hydrogen-bond donors (Lipinski definition) is 1. The summed E-state index contributed by atoms with van der Waals surface area (Å²) in [6.45, 7) is 1.60. The molecule has 1 N–H and O–H groups in total. The number of nitrogens with one attached hydrogen (secondary N) is 1. The zero-order chi connectivity index (χ0) is 14.7. The van der Waals surface area contributed by atoms with E-state index in [9.17, 15) is 0 Å². The number of para-hydroxylation sites is 2. The van der Waals surface area contributed by atoms with Gasteiger partial charge < -0.3 is 14.6 Å². The summed E-state index contributed by atoms with van der Waals surface area (Å²) in [7, 11) is 3.66. The highest BCUT2D eigenvalue weighted by Gasteiger charge is 2.08. The van der Waals surface area contributed by atoms with Crippen LogP contribution in [0.1, 0.15) is 11.1 Å². The van der Waals surface area contributed by atoms with Crippen LogP contribution in [0.5, 0.6) is 5.75 Å². The van der Waals surface area contributed by atoms with E-state index in [-0.39, 0.29) is 0 Å². The second-order valence-corrected chi connectivity index (χ2v) is 5.04. The fraction of sp³-hybridized carbons (Fsp3) is 0.235. The van der Waals surface area contributed by atoms with E-state index in [1.165, 1.54) is 5.56 Å². The average molecular weight is 281 g/mol. The Morgan fingerprint density at radius 2 is 2.05 bits per heavy atom. The van der Waals surface area contributed by atoms with Gasteiger partial charge in [-0.15, -0.1) is 0 Å². The van der Waals surface area contributed by atoms with Gasteiger partial charge in [0.2, 0.25) is 0 Å². The average Bonchev–Trinajstić information content (AvgIpc) is 2.91. The number of hydrogen-bond acceptors (Lipinski definition) is 3. The summed E-state index contributed by atoms with van der Waals surface area (Å²) < 4.78 is 7.63. The largest absolute Gasteiger partial charge is 0.496 e. The van der Waals surface area contributed by atoms with Crippen molar-refractivity contribution in [2.24, 2.45) is 0 Å². The van der Waals surface area contributed by atoms with Crippen molar-refractivity contribution in [3.05, 3.63) is 59.9 Å². The first kappa shape index (κ1) is 13.6. The van der Waals surface area contributed by atoms with Crippen LogP contribution in [-0.2, 0) is 13.1 Å². The molecule has 108 valence electrons. The molecule has 0 radical (unpaired) electrons. The summed E-state index contributed by atoms with van der Waals surface area (Å²) in [5.41, 5.74) is 4.56. The number of methoxy groups -OCH3 is 1. The molecule has 0 spiro atoms. The zero-order valence-corrected chi connectivity index (χ0v) is 12.3. The van der Waals surface area contributed by atoms with Gasteiger partial charge in [-0.05, 0) is 36.9 Å². The zero-order valence-electron chi connectivity index (χ0n) is 12.3. The first-order valence-corrected chi connectivity index (χ1v) is 7.02. The van der Waals surface area contributed by atoms with E-state index < -0.39 is 0 Å². The van der Waals surface area contributed by atoms with Gasteiger partial charge in [-0.2, -0.15) is 0 Å². The molecule has 0 unspecified atom stereocenters. The monoisotopic (exact) mass is 281 g/mol. The highest BCUT2D eigenvalue weighted by atomic mass is 16.5. The highest BCUT2D eigenvalue weighted by Crippen LogP contribution is 2.23. The maximum Gasteiger partial charge on any atom is 0.123 e. The second-order valence-electron chi connectivity index (χ2n) is 5.04. The van der Waals surface area contributed by atoms with Crippen molar-refractivity contribution in [3.63, 3.8) is 0 Å². The van der Waals surface area contributed by atoms with Crippen molar-refractivity contribution in [2.45, 2.75) is 13.1 Å². The number of benzene rings is 2. The lowest BCUT2D eigenvalue weighted by atomic mass is 10.1. The van der Waals surface area contributed by atoms with E-state index in [1.54, 1.807) is 7.11 Å². The third-order valence-electron chi connectivity index (χ3n) is 3.59. The third-order valence-corrected chi connectivity index (χ3v) is 3.59. The van der Waals surface area contributed by atoms with Crippen LogP contribution in [0.4, 0.5) is 0 Å². The minimum atomic E-state index is 0.751. The van der Waals surface area contributed by atoms with Gasteiger partial charge in [0.15, 0.2) is 0 Å². The normalized spacial score (nSPS) is 11.0. The van der Waals surface area contributed by atoms with Crippen molar-refractivity contribution in [1.29, 1.82) is 0 Å². The van der Waals surface area contributed by atoms with E-state index in [0.29, 0.717) is 0 Å². The van der Waals surface area contributed by atoms with Crippen molar-refractivity contribution in [1.82, 2.24) is 14.9 Å². The van der Waals surface area contributed by atoms with Crippen LogP contribution in [0.25, 0.3) is 11.0 Å². The summed E-state index contributed by atoms with van der Waals surface area (Å²) in [6.07, 6.45) is 1.88. The van der Waals surface area contributed by atoms with Gasteiger partial charge in [-0.1, -0.05) is 18.2 Å². The first-order chi connectivity index (χ1) is 10.3. The van der Waals surface area contributed by atoms with Crippen LogP contribution in [0, 0.1) is 0 Å². The molecule has 0 saturated heterocycles. The minimum Gasteiger partial charge on any atom is -0.496 e. The predicted octanol–water partition coefficient (Wildman–Crippen LogP) is 2.81. The van der Waals surface area contributed by atoms with Crippen molar-refractivity contribution in [3.8, 4) is 5.75 Å². The van der Waals surface area contributed by atoms with Crippen LogP contribution in [0.2, 0.25) is 0 Å². The van der Waals surface area contributed by atoms with E-state index >= 15 is 0 Å². The Labute approximate surface area is 124 Å². The van der Waals surface area contributed by atoms with Gasteiger partial charge in [0.05, 0.1) is 31.0 Å². The molecule has 0 atom stereocenters. The summed E-state index contributed by atoms with van der Waals surface area (Å²) in [6, 6.07) is 14.5. The van der Waals surface area contributed by atoms with Crippen LogP contribution in [0.3, 0.4) is 0 Å². The molecule has 0 aliphatic carbocycles. The SMILES string of the molecule is CNCc1ccc(OC)c(Cn2cnc3ccccc32)c1. The van der Waals surface area contributed by atoms with Crippen molar-refractivity contribution < 1.29 is 4.74 Å². The van der Waals surface area contributed by atoms with E-state index in [0.717, 1.165) is 35.4 Å². The molecule has 2 aromatic carbocycles. The summed E-state index contributed by atoms with van der Waals surface area (Å²) in [5, 5.41) is 3.18. The quantitative estimate of drug-likeness (QED) is 0.781. The number of fused-ring (bicyclic) bond motifs is 1. The second kappa shape index (κ2) is 5.97. The molecule has 0 bridgehead atoms. The molecule has 0 aliphatic rings. The smallest absolute Gasteiger partial charge is 0.123 e. The Morgan fingerprint density at radius 1 is 1.19 bits per heavy atom. The number of rotatable bonds is 5. The van der Waals surface area contributed by atoms with Gasteiger partial charge in [0.25, 0.3) is 0 Å². The number of imidazole rings is 1. The molecule has 21 heavy (non-hydrogen) atoms. The fourth-order valence-electron chi connectivity index (χ4n) is 2.59. The summed E-state index contributed by atoms with van der Waals surface area (Å²) >= 11 is 0. The standard InChI is InChI=1S/C17H19N3O/c1-18-10-13-7-8-17(21-2)14(9-13)11-20-12-19-15-5-3-4-6-16(15)20/h3-9,12,18H,10-11H2,1-2H3. The molecule has 4 heteroatoms. The highest BCUT2D eigenvalue weighted by molar-refractivity contribution is 5.75. The van der Waals surface area contributed by atoms with Gasteiger partial charge in [0, 0.05) is 12.1 Å². The van der Waals surface area contributed by atoms with E-state index in [2.05, 4.69) is 33.1 Å². The van der Waals surface area contributed by atoms with Gasteiger partial charge in [-0.25, -0.2) is 4.98 Å². The fourth-order valence-corrected chi connectivity index (χ4v) is 2.59. The molecule has 0 saturated carbocycles. The van der Waals surface area contributed by atoms with Gasteiger partial charge >= 0.3 is 0 Å². The molecule has 3 rings (SSSR count). The van der Waals surface area contributed by atoms with Crippen molar-refractivity contribution >= 4 is 11.0 Å². The lowest BCUT2D eigenvalue weighted by molar-refractivity contribution is 0.408. The topological polar surface area (TPSA) is 39.1 Å². The van der Waals surface area contributed by atoms with E-state index in [4.69, 9.17) is 4.74 Å². The molecule has 0 amide bonds. The molecular weight excluding hydrogens is 262 g/mol. The number of ether oxygens (including phenoxy) is 1. The molecular formula is C17H19N3O. The number of aromatic nitrogens is 2. The Morgan fingerprint density at radius 3 is 2.86 bits per heavy atom. The number of nitrogens with zero attached hydrogens (tertiary/aromatic N) is 2. The minimum absolute atomic E-state index is 0.751. The molecule has 1 aromatic heterocycles. The lowest BCUT2D eigenvalue weighted by Gasteiger charge is -2.12. The molecule has 3 aromatic rings. The Hall–Kier alpha value is -2.33. The van der Waals surface area contributed by atoms with Crippen LogP contribution >= 0.6 is 0 Å². The first-order valence-electron chi connectivity index (χ1n) is 7.02. The van der Waals surface area contributed by atoms with Gasteiger partial charge in [-0.3, -0.25) is 0 Å². The van der Waals surface area contributed by atoms with Crippen molar-refractivity contribution in [2.75, 3.05) is 14.2 Å². The molecule has 0 fully saturated rings. The van der Waals surface area contributed by atoms with Crippen LogP contribution in [0.15, 0.2) is 48.8 Å². The molecule has 1 heterocycles. The molecule has 0 aliphatic heterocycles. The Balaban J connectivity index is 1.98. The summed E-state index contributed by atoms with van der Waals surface area (Å²) in [4.78, 5) is 4.44. The van der Waals surface area contributed by atoms with Crippen LogP contribution < -0.4 is 10.1 Å². The Kier molecular flexibility index (Phi) is 3.88. The van der Waals surface area contributed by atoms with Crippen LogP contribution in [-0.4, -0.2) is 23.7 Å². The third kappa shape index (κ3) is 2.76. The lowest BCUT2D eigenvalue weighted by Crippen LogP contribution is -2.07. The van der Waals surface area contributed by atoms with Gasteiger partial charge in [0.1, 0.15) is 5.75 Å². The maximum absolute atomic E-state index is 5.49. The van der Waals surface area contributed by atoms with E-state index in [1.807, 2.05) is 37.6 Å². The Bertz CT molecular complexity index is 749. The predicted molar refractivity (Wildman–Crippen MR) is 84.6 cm³/mol. The molecule has 4 nitrogen and oxygen atoms in total. The summed E-state index contributed by atoms with van der Waals surface area (Å²) in [5.74, 6) is 0.910.